The molecule has 0 aliphatic rings. The number of nitrogen functional groups attached to an aromatic ring is 1. The fourth-order valence-electron chi connectivity index (χ4n) is 1.50. The van der Waals surface area contributed by atoms with E-state index in [1.54, 1.807) is 12.3 Å². The van der Waals surface area contributed by atoms with Gasteiger partial charge in [-0.2, -0.15) is 0 Å². The maximum Gasteiger partial charge on any atom is 0.131 e. The maximum atomic E-state index is 5.88. The molecule has 2 heterocycles. The largest absolute Gasteiger partial charge is 0.383 e. The number of anilines is 1. The van der Waals surface area contributed by atoms with Crippen molar-refractivity contribution in [2.24, 2.45) is 0 Å². The third kappa shape index (κ3) is 3.11. The second-order valence-corrected chi connectivity index (χ2v) is 5.15. The molecule has 0 saturated carbocycles. The van der Waals surface area contributed by atoms with Crippen molar-refractivity contribution in [3.63, 3.8) is 0 Å². The van der Waals surface area contributed by atoms with Crippen LogP contribution in [-0.4, -0.2) is 15.0 Å². The van der Waals surface area contributed by atoms with Crippen molar-refractivity contribution >= 4 is 29.2 Å². The fourth-order valence-corrected chi connectivity index (χ4v) is 2.48. The van der Waals surface area contributed by atoms with Crippen LogP contribution in [0.4, 0.5) is 5.82 Å². The zero-order chi connectivity index (χ0) is 13.0. The lowest BCUT2D eigenvalue weighted by Crippen LogP contribution is -2.01. The average molecular weight is 281 g/mol. The van der Waals surface area contributed by atoms with Gasteiger partial charge in [0, 0.05) is 11.8 Å². The molecular weight excluding hydrogens is 268 g/mol. The smallest absolute Gasteiger partial charge is 0.131 e. The molecule has 0 saturated heterocycles. The predicted octanol–water partition coefficient (Wildman–Crippen LogP) is 3.21. The summed E-state index contributed by atoms with van der Waals surface area (Å²) in [5, 5.41) is 2.32. The number of nitrogens with zero attached hydrogens (tertiary/aromatic N) is 3. The molecule has 2 N–H and O–H groups in total. The standard InChI is InChI=1S/C12H13ClN4S/c1-2-3-9-11(14)16-7-17-12(9)18-10-5-4-8(13)6-15-10/h4-7H,2-3H2,1H3,(H2,14,16,17). The summed E-state index contributed by atoms with van der Waals surface area (Å²) in [6.45, 7) is 2.10. The van der Waals surface area contributed by atoms with Gasteiger partial charge in [-0.1, -0.05) is 24.9 Å². The third-order valence-corrected chi connectivity index (χ3v) is 3.56. The van der Waals surface area contributed by atoms with Crippen LogP contribution in [0.15, 0.2) is 34.7 Å². The van der Waals surface area contributed by atoms with E-state index in [2.05, 4.69) is 21.9 Å². The molecule has 0 aliphatic heterocycles. The van der Waals surface area contributed by atoms with Crippen LogP contribution in [0.2, 0.25) is 5.02 Å². The van der Waals surface area contributed by atoms with Crippen LogP contribution in [0.25, 0.3) is 0 Å². The summed E-state index contributed by atoms with van der Waals surface area (Å²) >= 11 is 7.28. The first-order chi connectivity index (χ1) is 8.70. The van der Waals surface area contributed by atoms with E-state index in [-0.39, 0.29) is 0 Å². The van der Waals surface area contributed by atoms with Crippen LogP contribution in [0.1, 0.15) is 18.9 Å². The molecule has 0 radical (unpaired) electrons. The molecule has 4 nitrogen and oxygen atoms in total. The van der Waals surface area contributed by atoms with Gasteiger partial charge in [0.15, 0.2) is 0 Å². The molecule has 6 heteroatoms. The first-order valence-electron chi connectivity index (χ1n) is 5.59. The lowest BCUT2D eigenvalue weighted by atomic mass is 10.2. The Morgan fingerprint density at radius 2 is 2.11 bits per heavy atom. The van der Waals surface area contributed by atoms with Crippen molar-refractivity contribution in [3.05, 3.63) is 35.2 Å². The Kier molecular flexibility index (Phi) is 4.38. The Balaban J connectivity index is 2.28. The minimum Gasteiger partial charge on any atom is -0.383 e. The lowest BCUT2D eigenvalue weighted by Gasteiger charge is -2.08. The molecule has 0 amide bonds. The topological polar surface area (TPSA) is 64.7 Å². The summed E-state index contributed by atoms with van der Waals surface area (Å²) in [7, 11) is 0. The maximum absolute atomic E-state index is 5.88. The molecule has 0 atom stereocenters. The molecule has 2 aromatic heterocycles. The summed E-state index contributed by atoms with van der Waals surface area (Å²) in [4.78, 5) is 12.5. The number of aromatic nitrogens is 3. The van der Waals surface area contributed by atoms with Gasteiger partial charge in [0.1, 0.15) is 22.2 Å². The van der Waals surface area contributed by atoms with E-state index in [4.69, 9.17) is 17.3 Å². The molecule has 2 aromatic rings. The van der Waals surface area contributed by atoms with Gasteiger partial charge in [0.05, 0.1) is 5.02 Å². The third-order valence-electron chi connectivity index (χ3n) is 2.34. The highest BCUT2D eigenvalue weighted by Crippen LogP contribution is 2.30. The number of hydrogen-bond acceptors (Lipinski definition) is 5. The van der Waals surface area contributed by atoms with E-state index in [0.29, 0.717) is 10.8 Å². The van der Waals surface area contributed by atoms with E-state index < -0.39 is 0 Å². The van der Waals surface area contributed by atoms with E-state index in [1.807, 2.05) is 6.07 Å². The van der Waals surface area contributed by atoms with E-state index in [9.17, 15) is 0 Å². The van der Waals surface area contributed by atoms with Gasteiger partial charge < -0.3 is 5.73 Å². The fraction of sp³-hybridized carbons (Fsp3) is 0.250. The second kappa shape index (κ2) is 6.02. The highest BCUT2D eigenvalue weighted by Gasteiger charge is 2.10. The molecule has 0 bridgehead atoms. The molecule has 0 aliphatic carbocycles. The zero-order valence-corrected chi connectivity index (χ0v) is 11.5. The summed E-state index contributed by atoms with van der Waals surface area (Å²) in [6.07, 6.45) is 4.96. The molecule has 94 valence electrons. The van der Waals surface area contributed by atoms with Crippen LogP contribution in [0.5, 0.6) is 0 Å². The summed E-state index contributed by atoms with van der Waals surface area (Å²) in [6, 6.07) is 3.67. The number of pyridine rings is 1. The Bertz CT molecular complexity index is 530. The quantitative estimate of drug-likeness (QED) is 0.871. The minimum absolute atomic E-state index is 0.545. The second-order valence-electron chi connectivity index (χ2n) is 3.71. The molecular formula is C12H13ClN4S. The van der Waals surface area contributed by atoms with Crippen molar-refractivity contribution < 1.29 is 0 Å². The molecule has 0 fully saturated rings. The highest BCUT2D eigenvalue weighted by molar-refractivity contribution is 7.99. The van der Waals surface area contributed by atoms with Gasteiger partial charge in [0.2, 0.25) is 0 Å². The van der Waals surface area contributed by atoms with Gasteiger partial charge >= 0.3 is 0 Å². The first kappa shape index (κ1) is 13.1. The Morgan fingerprint density at radius 3 is 2.78 bits per heavy atom. The SMILES string of the molecule is CCCc1c(N)ncnc1Sc1ccc(Cl)cn1. The molecule has 0 unspecified atom stereocenters. The van der Waals surface area contributed by atoms with Crippen LogP contribution in [0.3, 0.4) is 0 Å². The monoisotopic (exact) mass is 280 g/mol. The molecule has 0 aromatic carbocycles. The van der Waals surface area contributed by atoms with Crippen molar-refractivity contribution in [2.45, 2.75) is 29.8 Å². The number of rotatable bonds is 4. The zero-order valence-electron chi connectivity index (χ0n) is 9.93. The molecule has 2 rings (SSSR count). The van der Waals surface area contributed by atoms with Crippen LogP contribution < -0.4 is 5.73 Å². The first-order valence-corrected chi connectivity index (χ1v) is 6.79. The normalized spacial score (nSPS) is 10.6. The van der Waals surface area contributed by atoms with Crippen molar-refractivity contribution in [2.75, 3.05) is 5.73 Å². The summed E-state index contributed by atoms with van der Waals surface area (Å²) in [5.41, 5.74) is 6.87. The Hall–Kier alpha value is -1.33. The minimum atomic E-state index is 0.545. The van der Waals surface area contributed by atoms with Crippen molar-refractivity contribution in [3.8, 4) is 0 Å². The summed E-state index contributed by atoms with van der Waals surface area (Å²) in [5.74, 6) is 0.545. The van der Waals surface area contributed by atoms with Crippen LogP contribution in [-0.2, 0) is 6.42 Å². The summed E-state index contributed by atoms with van der Waals surface area (Å²) < 4.78 is 0. The van der Waals surface area contributed by atoms with E-state index in [1.165, 1.54) is 18.1 Å². The van der Waals surface area contributed by atoms with Gasteiger partial charge in [0.25, 0.3) is 0 Å². The van der Waals surface area contributed by atoms with E-state index in [0.717, 1.165) is 28.5 Å². The lowest BCUT2D eigenvalue weighted by molar-refractivity contribution is 0.860. The van der Waals surface area contributed by atoms with Crippen molar-refractivity contribution in [1.29, 1.82) is 0 Å². The van der Waals surface area contributed by atoms with Gasteiger partial charge in [-0.15, -0.1) is 0 Å². The predicted molar refractivity (Wildman–Crippen MR) is 73.8 cm³/mol. The Labute approximate surface area is 115 Å². The molecule has 18 heavy (non-hydrogen) atoms. The van der Waals surface area contributed by atoms with Crippen molar-refractivity contribution in [1.82, 2.24) is 15.0 Å². The van der Waals surface area contributed by atoms with E-state index >= 15 is 0 Å². The number of halogens is 1. The number of hydrogen-bond donors (Lipinski definition) is 1. The average Bonchev–Trinajstić information content (AvgIpc) is 2.36. The highest BCUT2D eigenvalue weighted by atomic mass is 35.5. The van der Waals surface area contributed by atoms with Gasteiger partial charge in [-0.3, -0.25) is 0 Å². The number of nitrogens with two attached hydrogens (primary N) is 1. The molecule has 0 spiro atoms. The van der Waals surface area contributed by atoms with Gasteiger partial charge in [-0.25, -0.2) is 15.0 Å². The van der Waals surface area contributed by atoms with Gasteiger partial charge in [-0.05, 0) is 30.3 Å². The van der Waals surface area contributed by atoms with Crippen LogP contribution >= 0.6 is 23.4 Å². The Morgan fingerprint density at radius 1 is 1.28 bits per heavy atom. The van der Waals surface area contributed by atoms with Crippen LogP contribution in [0, 0.1) is 0 Å².